The van der Waals surface area contributed by atoms with Crippen LogP contribution in [0.1, 0.15) is 6.92 Å². The van der Waals surface area contributed by atoms with Gasteiger partial charge < -0.3 is 19.7 Å². The monoisotopic (exact) mass is 432 g/mol. The molecular formula is C19H21BrN4O3. The molecule has 7 nitrogen and oxygen atoms in total. The standard InChI is InChI=1S/C19H21BrN4O3/c1-13(19(25)22-15-3-4-16-17(10-15)27-12-26-16)23-6-8-24(9-7-23)18-5-2-14(20)11-21-18/h2-5,10-11,13H,6-9,12H2,1H3,(H,22,25). The number of carbonyl (C=O) groups is 1. The van der Waals surface area contributed by atoms with Crippen molar-refractivity contribution in [2.75, 3.05) is 43.2 Å². The Morgan fingerprint density at radius 2 is 1.93 bits per heavy atom. The Labute approximate surface area is 166 Å². The molecule has 1 aromatic heterocycles. The molecule has 0 bridgehead atoms. The lowest BCUT2D eigenvalue weighted by Crippen LogP contribution is -2.53. The molecule has 4 rings (SSSR count). The van der Waals surface area contributed by atoms with Crippen LogP contribution >= 0.6 is 15.9 Å². The van der Waals surface area contributed by atoms with Crippen molar-refractivity contribution in [3.63, 3.8) is 0 Å². The number of ether oxygens (including phenoxy) is 2. The van der Waals surface area contributed by atoms with Gasteiger partial charge in [-0.05, 0) is 47.1 Å². The minimum absolute atomic E-state index is 0.0240. The maximum atomic E-state index is 12.6. The number of hydrogen-bond donors (Lipinski definition) is 1. The summed E-state index contributed by atoms with van der Waals surface area (Å²) in [5.41, 5.74) is 0.716. The van der Waals surface area contributed by atoms with Gasteiger partial charge in [0.2, 0.25) is 12.7 Å². The first kappa shape index (κ1) is 18.1. The summed E-state index contributed by atoms with van der Waals surface area (Å²) in [6, 6.07) is 9.23. The van der Waals surface area contributed by atoms with Crippen molar-refractivity contribution >= 4 is 33.3 Å². The lowest BCUT2D eigenvalue weighted by Gasteiger charge is -2.38. The van der Waals surface area contributed by atoms with Gasteiger partial charge in [0.25, 0.3) is 0 Å². The van der Waals surface area contributed by atoms with Crippen LogP contribution in [0.15, 0.2) is 41.0 Å². The molecule has 1 atom stereocenters. The molecule has 1 fully saturated rings. The molecule has 27 heavy (non-hydrogen) atoms. The number of pyridine rings is 1. The van der Waals surface area contributed by atoms with Crippen LogP contribution in [0.5, 0.6) is 11.5 Å². The van der Waals surface area contributed by atoms with Crippen molar-refractivity contribution in [1.82, 2.24) is 9.88 Å². The first-order valence-corrected chi connectivity index (χ1v) is 9.70. The number of hydrogen-bond acceptors (Lipinski definition) is 6. The van der Waals surface area contributed by atoms with Gasteiger partial charge in [-0.25, -0.2) is 4.98 Å². The minimum atomic E-state index is -0.213. The number of aromatic nitrogens is 1. The zero-order valence-corrected chi connectivity index (χ0v) is 16.6. The van der Waals surface area contributed by atoms with Gasteiger partial charge >= 0.3 is 0 Å². The second-order valence-electron chi connectivity index (χ2n) is 6.59. The molecule has 2 aliphatic rings. The molecule has 1 unspecified atom stereocenters. The summed E-state index contributed by atoms with van der Waals surface area (Å²) in [6.07, 6.45) is 1.81. The normalized spacial score (nSPS) is 17.6. The van der Waals surface area contributed by atoms with Gasteiger partial charge in [0.05, 0.1) is 6.04 Å². The van der Waals surface area contributed by atoms with E-state index in [-0.39, 0.29) is 18.7 Å². The number of piperazine rings is 1. The molecule has 0 radical (unpaired) electrons. The van der Waals surface area contributed by atoms with Crippen LogP contribution in [-0.2, 0) is 4.79 Å². The highest BCUT2D eigenvalue weighted by Crippen LogP contribution is 2.34. The first-order chi connectivity index (χ1) is 13.1. The number of benzene rings is 1. The molecular weight excluding hydrogens is 412 g/mol. The fourth-order valence-corrected chi connectivity index (χ4v) is 3.51. The molecule has 3 heterocycles. The lowest BCUT2D eigenvalue weighted by molar-refractivity contribution is -0.120. The molecule has 2 aliphatic heterocycles. The highest BCUT2D eigenvalue weighted by Gasteiger charge is 2.26. The number of nitrogens with zero attached hydrogens (tertiary/aromatic N) is 3. The van der Waals surface area contributed by atoms with Gasteiger partial charge in [-0.15, -0.1) is 0 Å². The van der Waals surface area contributed by atoms with E-state index in [1.54, 1.807) is 6.07 Å². The van der Waals surface area contributed by atoms with E-state index in [1.807, 2.05) is 37.4 Å². The van der Waals surface area contributed by atoms with Crippen molar-refractivity contribution < 1.29 is 14.3 Å². The minimum Gasteiger partial charge on any atom is -0.454 e. The first-order valence-electron chi connectivity index (χ1n) is 8.91. The van der Waals surface area contributed by atoms with Gasteiger partial charge in [0.15, 0.2) is 11.5 Å². The van der Waals surface area contributed by atoms with E-state index in [9.17, 15) is 4.79 Å². The van der Waals surface area contributed by atoms with Crippen LogP contribution in [0.25, 0.3) is 0 Å². The van der Waals surface area contributed by atoms with E-state index in [4.69, 9.17) is 9.47 Å². The molecule has 8 heteroatoms. The zero-order valence-electron chi connectivity index (χ0n) is 15.0. The van der Waals surface area contributed by atoms with Crippen LogP contribution in [0, 0.1) is 0 Å². The predicted octanol–water partition coefficient (Wildman–Crippen LogP) is 2.72. The average Bonchev–Trinajstić information content (AvgIpc) is 3.16. The van der Waals surface area contributed by atoms with Gasteiger partial charge in [-0.2, -0.15) is 0 Å². The number of fused-ring (bicyclic) bond motifs is 1. The fraction of sp³-hybridized carbons (Fsp3) is 0.368. The summed E-state index contributed by atoms with van der Waals surface area (Å²) >= 11 is 3.41. The highest BCUT2D eigenvalue weighted by molar-refractivity contribution is 9.10. The van der Waals surface area contributed by atoms with Crippen molar-refractivity contribution in [2.24, 2.45) is 0 Å². The summed E-state index contributed by atoms with van der Waals surface area (Å²) in [4.78, 5) is 21.5. The third kappa shape index (κ3) is 4.01. The van der Waals surface area contributed by atoms with Crippen LogP contribution in [0.3, 0.4) is 0 Å². The second-order valence-corrected chi connectivity index (χ2v) is 7.51. The van der Waals surface area contributed by atoms with E-state index < -0.39 is 0 Å². The molecule has 0 spiro atoms. The van der Waals surface area contributed by atoms with E-state index in [0.29, 0.717) is 17.2 Å². The molecule has 0 aliphatic carbocycles. The number of amides is 1. The molecule has 1 amide bonds. The summed E-state index contributed by atoms with van der Waals surface area (Å²) < 4.78 is 11.6. The van der Waals surface area contributed by atoms with Gasteiger partial charge in [-0.3, -0.25) is 9.69 Å². The molecule has 1 saturated heterocycles. The van der Waals surface area contributed by atoms with Gasteiger partial charge in [0, 0.05) is 48.6 Å². The van der Waals surface area contributed by atoms with Crippen LogP contribution < -0.4 is 19.7 Å². The Hall–Kier alpha value is -2.32. The summed E-state index contributed by atoms with van der Waals surface area (Å²) in [5.74, 6) is 2.31. The van der Waals surface area contributed by atoms with Crippen LogP contribution in [-0.4, -0.2) is 54.8 Å². The van der Waals surface area contributed by atoms with E-state index in [2.05, 4.69) is 36.0 Å². The van der Waals surface area contributed by atoms with Crippen LogP contribution in [0.2, 0.25) is 0 Å². The maximum absolute atomic E-state index is 12.6. The lowest BCUT2D eigenvalue weighted by atomic mass is 10.2. The summed E-state index contributed by atoms with van der Waals surface area (Å²) in [7, 11) is 0. The number of rotatable bonds is 4. The SMILES string of the molecule is CC(C(=O)Nc1ccc2c(c1)OCO2)N1CCN(c2ccc(Br)cn2)CC1. The van der Waals surface area contributed by atoms with E-state index >= 15 is 0 Å². The largest absolute Gasteiger partial charge is 0.454 e. The molecule has 1 aromatic carbocycles. The van der Waals surface area contributed by atoms with Crippen molar-refractivity contribution in [1.29, 1.82) is 0 Å². The topological polar surface area (TPSA) is 66.9 Å². The predicted molar refractivity (Wildman–Crippen MR) is 106 cm³/mol. The number of anilines is 2. The Bertz CT molecular complexity index is 822. The number of halogens is 1. The van der Waals surface area contributed by atoms with Crippen molar-refractivity contribution in [3.8, 4) is 11.5 Å². The van der Waals surface area contributed by atoms with E-state index in [0.717, 1.165) is 36.5 Å². The molecule has 142 valence electrons. The second kappa shape index (κ2) is 7.74. The fourth-order valence-electron chi connectivity index (χ4n) is 3.28. The number of carbonyl (C=O) groups excluding carboxylic acids is 1. The molecule has 0 saturated carbocycles. The average molecular weight is 433 g/mol. The Kier molecular flexibility index (Phi) is 5.18. The van der Waals surface area contributed by atoms with Crippen molar-refractivity contribution in [2.45, 2.75) is 13.0 Å². The number of nitrogens with one attached hydrogen (secondary N) is 1. The Morgan fingerprint density at radius 1 is 1.15 bits per heavy atom. The Balaban J connectivity index is 1.32. The quantitative estimate of drug-likeness (QED) is 0.800. The smallest absolute Gasteiger partial charge is 0.241 e. The van der Waals surface area contributed by atoms with Crippen LogP contribution in [0.4, 0.5) is 11.5 Å². The van der Waals surface area contributed by atoms with E-state index in [1.165, 1.54) is 0 Å². The third-order valence-corrected chi connectivity index (χ3v) is 5.39. The zero-order chi connectivity index (χ0) is 18.8. The third-order valence-electron chi connectivity index (χ3n) is 4.92. The molecule has 2 aromatic rings. The van der Waals surface area contributed by atoms with Gasteiger partial charge in [-0.1, -0.05) is 0 Å². The summed E-state index contributed by atoms with van der Waals surface area (Å²) in [6.45, 7) is 5.48. The van der Waals surface area contributed by atoms with Crippen molar-refractivity contribution in [3.05, 3.63) is 41.0 Å². The Morgan fingerprint density at radius 3 is 2.67 bits per heavy atom. The molecule has 1 N–H and O–H groups in total. The highest BCUT2D eigenvalue weighted by atomic mass is 79.9. The summed E-state index contributed by atoms with van der Waals surface area (Å²) in [5, 5.41) is 2.97. The maximum Gasteiger partial charge on any atom is 0.241 e. The van der Waals surface area contributed by atoms with Gasteiger partial charge in [0.1, 0.15) is 5.82 Å².